The van der Waals surface area contributed by atoms with Crippen LogP contribution in [0.25, 0.3) is 66.4 Å². The molecule has 0 radical (unpaired) electrons. The highest BCUT2D eigenvalue weighted by atomic mass is 15.2. The fourth-order valence-corrected chi connectivity index (χ4v) is 5.61. The lowest BCUT2D eigenvalue weighted by Gasteiger charge is -2.13. The number of aromatic nitrogens is 4. The third-order valence-corrected chi connectivity index (χ3v) is 7.16. The van der Waals surface area contributed by atoms with E-state index in [1.54, 1.807) is 0 Å². The summed E-state index contributed by atoms with van der Waals surface area (Å²) < 4.78 is 4.36. The predicted molar refractivity (Wildman–Crippen MR) is 147 cm³/mol. The molecule has 4 aromatic heterocycles. The van der Waals surface area contributed by atoms with Gasteiger partial charge in [-0.25, -0.2) is 9.50 Å². The van der Waals surface area contributed by atoms with Crippen molar-refractivity contribution in [2.45, 2.75) is 0 Å². The van der Waals surface area contributed by atoms with Gasteiger partial charge < -0.3 is 0 Å². The van der Waals surface area contributed by atoms with Crippen molar-refractivity contribution in [3.8, 4) is 28.2 Å². The molecule has 36 heavy (non-hydrogen) atoms. The number of benzene rings is 4. The number of hydrogen-bond donors (Lipinski definition) is 0. The number of pyridine rings is 2. The van der Waals surface area contributed by atoms with Gasteiger partial charge in [0.25, 0.3) is 0 Å². The molecule has 168 valence electrons. The first-order chi connectivity index (χ1) is 17.9. The van der Waals surface area contributed by atoms with E-state index in [1.807, 2.05) is 12.3 Å². The summed E-state index contributed by atoms with van der Waals surface area (Å²) in [6.07, 6.45) is 1.88. The topological polar surface area (TPSA) is 35.1 Å². The maximum atomic E-state index is 5.23. The zero-order valence-electron chi connectivity index (χ0n) is 19.3. The zero-order valence-corrected chi connectivity index (χ0v) is 19.3. The molecule has 0 N–H and O–H groups in total. The van der Waals surface area contributed by atoms with Gasteiger partial charge in [0, 0.05) is 21.7 Å². The molecule has 8 aromatic rings. The molecule has 0 saturated carbocycles. The molecule has 0 unspecified atom stereocenters. The van der Waals surface area contributed by atoms with Gasteiger partial charge >= 0.3 is 0 Å². The third-order valence-electron chi connectivity index (χ3n) is 7.16. The Kier molecular flexibility index (Phi) is 3.91. The normalized spacial score (nSPS) is 11.9. The molecule has 0 amide bonds. The Balaban J connectivity index is 1.52. The van der Waals surface area contributed by atoms with Gasteiger partial charge in [0.15, 0.2) is 0 Å². The summed E-state index contributed by atoms with van der Waals surface area (Å²) in [7, 11) is 0. The Hall–Kier alpha value is -4.96. The minimum absolute atomic E-state index is 0.907. The van der Waals surface area contributed by atoms with Gasteiger partial charge in [-0.2, -0.15) is 5.10 Å². The van der Waals surface area contributed by atoms with E-state index in [1.165, 1.54) is 21.7 Å². The summed E-state index contributed by atoms with van der Waals surface area (Å²) >= 11 is 0. The van der Waals surface area contributed by atoms with Crippen LogP contribution in [0.2, 0.25) is 0 Å². The number of hydrogen-bond acceptors (Lipinski definition) is 2. The molecule has 0 fully saturated rings. The minimum atomic E-state index is 0.907. The molecular formula is C32H20N4. The molecule has 0 aliphatic rings. The van der Waals surface area contributed by atoms with Crippen LogP contribution in [0.3, 0.4) is 0 Å². The van der Waals surface area contributed by atoms with Crippen molar-refractivity contribution in [3.63, 3.8) is 0 Å². The van der Waals surface area contributed by atoms with E-state index >= 15 is 0 Å². The molecule has 4 heteroatoms. The van der Waals surface area contributed by atoms with Gasteiger partial charge in [0.05, 0.1) is 34.0 Å². The second-order valence-electron chi connectivity index (χ2n) is 9.17. The predicted octanol–water partition coefficient (Wildman–Crippen LogP) is 7.75. The summed E-state index contributed by atoms with van der Waals surface area (Å²) in [6, 6.07) is 40.4. The number of rotatable bonds is 3. The zero-order chi connectivity index (χ0) is 23.6. The molecule has 0 atom stereocenters. The Morgan fingerprint density at radius 1 is 0.500 bits per heavy atom. The second kappa shape index (κ2) is 7.27. The van der Waals surface area contributed by atoms with Crippen LogP contribution >= 0.6 is 0 Å². The van der Waals surface area contributed by atoms with Crippen LogP contribution in [0, 0.1) is 0 Å². The highest BCUT2D eigenvalue weighted by Crippen LogP contribution is 2.40. The summed E-state index contributed by atoms with van der Waals surface area (Å²) in [6.45, 7) is 0. The smallest absolute Gasteiger partial charge is 0.138 e. The van der Waals surface area contributed by atoms with Crippen LogP contribution < -0.4 is 0 Å². The maximum Gasteiger partial charge on any atom is 0.138 e. The van der Waals surface area contributed by atoms with Crippen LogP contribution in [0.5, 0.6) is 0 Å². The molecule has 0 aliphatic carbocycles. The molecule has 0 aliphatic heterocycles. The molecule has 0 spiro atoms. The highest BCUT2D eigenvalue weighted by molar-refractivity contribution is 6.26. The third kappa shape index (κ3) is 2.64. The average molecular weight is 461 g/mol. The molecular weight excluding hydrogens is 440 g/mol. The van der Waals surface area contributed by atoms with Gasteiger partial charge in [-0.3, -0.25) is 4.57 Å². The number of fused-ring (bicyclic) bond motifs is 3. The van der Waals surface area contributed by atoms with E-state index in [0.29, 0.717) is 0 Å². The first-order valence-corrected chi connectivity index (χ1v) is 12.1. The van der Waals surface area contributed by atoms with E-state index in [9.17, 15) is 0 Å². The standard InChI is InChI=1S/C32H20N4/c1-3-9-21(10-4-1)23-19-25(22-11-5-2-6-12-22)34-30(20-23)35-27-14-7-13-24-26-17-18-33-36(26)29-16-8-15-28(35)32(29)31(24)27/h1-20H. The monoisotopic (exact) mass is 460 g/mol. The molecule has 0 bridgehead atoms. The van der Waals surface area contributed by atoms with Crippen LogP contribution in [0.1, 0.15) is 0 Å². The van der Waals surface area contributed by atoms with Crippen molar-refractivity contribution in [1.29, 1.82) is 0 Å². The minimum Gasteiger partial charge on any atom is -0.294 e. The van der Waals surface area contributed by atoms with E-state index in [2.05, 4.69) is 123 Å². The lowest BCUT2D eigenvalue weighted by molar-refractivity contribution is 1.01. The van der Waals surface area contributed by atoms with Crippen molar-refractivity contribution in [3.05, 3.63) is 121 Å². The van der Waals surface area contributed by atoms with Crippen molar-refractivity contribution in [2.24, 2.45) is 0 Å². The SMILES string of the molecule is c1ccc(-c2cc(-c3ccccc3)nc(-n3c4cccc5c4c4c3cccc4n3nccc53)c2)cc1. The van der Waals surface area contributed by atoms with Gasteiger partial charge in [0.2, 0.25) is 0 Å². The van der Waals surface area contributed by atoms with E-state index in [4.69, 9.17) is 4.98 Å². The number of nitrogens with zero attached hydrogens (tertiary/aromatic N) is 4. The summed E-state index contributed by atoms with van der Waals surface area (Å²) in [5.41, 5.74) is 8.88. The lowest BCUT2D eigenvalue weighted by atomic mass is 10.0. The van der Waals surface area contributed by atoms with Gasteiger partial charge in [-0.1, -0.05) is 78.9 Å². The van der Waals surface area contributed by atoms with E-state index < -0.39 is 0 Å². The van der Waals surface area contributed by atoms with Gasteiger partial charge in [-0.05, 0) is 47.5 Å². The van der Waals surface area contributed by atoms with E-state index in [0.717, 1.165) is 44.7 Å². The van der Waals surface area contributed by atoms with Crippen LogP contribution in [-0.2, 0) is 0 Å². The van der Waals surface area contributed by atoms with Crippen molar-refractivity contribution < 1.29 is 0 Å². The quantitative estimate of drug-likeness (QED) is 0.253. The summed E-state index contributed by atoms with van der Waals surface area (Å²) in [5.74, 6) is 0.907. The largest absolute Gasteiger partial charge is 0.294 e. The summed E-state index contributed by atoms with van der Waals surface area (Å²) in [5, 5.41) is 8.32. The second-order valence-corrected chi connectivity index (χ2v) is 9.17. The first kappa shape index (κ1) is 19.4. The molecule has 4 nitrogen and oxygen atoms in total. The Morgan fingerprint density at radius 3 is 2.00 bits per heavy atom. The lowest BCUT2D eigenvalue weighted by Crippen LogP contribution is -2.00. The Morgan fingerprint density at radius 2 is 1.19 bits per heavy atom. The molecule has 4 aromatic carbocycles. The van der Waals surface area contributed by atoms with Crippen LogP contribution in [0.15, 0.2) is 121 Å². The van der Waals surface area contributed by atoms with Crippen molar-refractivity contribution in [1.82, 2.24) is 19.2 Å². The molecule has 4 heterocycles. The maximum absolute atomic E-state index is 5.23. The molecule has 8 rings (SSSR count). The van der Waals surface area contributed by atoms with Crippen LogP contribution in [0.4, 0.5) is 0 Å². The van der Waals surface area contributed by atoms with Gasteiger partial charge in [-0.15, -0.1) is 0 Å². The first-order valence-electron chi connectivity index (χ1n) is 12.1. The van der Waals surface area contributed by atoms with Crippen molar-refractivity contribution >= 4 is 38.2 Å². The Bertz CT molecular complexity index is 1890. The fraction of sp³-hybridized carbons (Fsp3) is 0. The van der Waals surface area contributed by atoms with Gasteiger partial charge in [0.1, 0.15) is 5.82 Å². The van der Waals surface area contributed by atoms with Crippen LogP contribution in [-0.4, -0.2) is 19.2 Å². The summed E-state index contributed by atoms with van der Waals surface area (Å²) in [4.78, 5) is 5.23. The average Bonchev–Trinajstić information content (AvgIpc) is 3.58. The fourth-order valence-electron chi connectivity index (χ4n) is 5.61. The Labute approximate surface area is 207 Å². The highest BCUT2D eigenvalue weighted by Gasteiger charge is 2.21. The van der Waals surface area contributed by atoms with Crippen molar-refractivity contribution in [2.75, 3.05) is 0 Å². The van der Waals surface area contributed by atoms with E-state index in [-0.39, 0.29) is 0 Å². The molecule has 0 saturated heterocycles.